The molecule has 2 aliphatic heterocycles. The predicted molar refractivity (Wildman–Crippen MR) is 93.5 cm³/mol. The van der Waals surface area contributed by atoms with Crippen molar-refractivity contribution in [2.24, 2.45) is 5.92 Å². The van der Waals surface area contributed by atoms with E-state index in [1.807, 2.05) is 0 Å². The van der Waals surface area contributed by atoms with Crippen LogP contribution in [0, 0.1) is 12.8 Å². The van der Waals surface area contributed by atoms with E-state index >= 15 is 0 Å². The van der Waals surface area contributed by atoms with Gasteiger partial charge in [-0.1, -0.05) is 5.16 Å². The number of aromatic nitrogens is 1. The van der Waals surface area contributed by atoms with Gasteiger partial charge in [-0.2, -0.15) is 0 Å². The van der Waals surface area contributed by atoms with Crippen molar-refractivity contribution in [1.29, 1.82) is 0 Å². The second-order valence-electron chi connectivity index (χ2n) is 7.65. The lowest BCUT2D eigenvalue weighted by atomic mass is 10.0. The minimum atomic E-state index is -3.14. The Labute approximate surface area is 153 Å². The lowest BCUT2D eigenvalue weighted by molar-refractivity contribution is 0.0308. The summed E-state index contributed by atoms with van der Waals surface area (Å²) in [5.74, 6) is 1.15. The molecular formula is C17H25N3O5S. The number of piperazine rings is 1. The van der Waals surface area contributed by atoms with Crippen LogP contribution in [-0.4, -0.2) is 79.6 Å². The number of carbonyl (C=O) groups is 1. The Bertz CT molecular complexity index is 801. The Morgan fingerprint density at radius 1 is 1.27 bits per heavy atom. The Kier molecular flexibility index (Phi) is 4.56. The number of hydrogen-bond acceptors (Lipinski definition) is 7. The molecule has 2 atom stereocenters. The lowest BCUT2D eigenvalue weighted by Crippen LogP contribution is -2.61. The fourth-order valence-electron chi connectivity index (χ4n) is 4.15. The Balaban J connectivity index is 1.59. The molecule has 0 aromatic carbocycles. The van der Waals surface area contributed by atoms with E-state index in [1.54, 1.807) is 18.9 Å². The molecule has 1 amide bonds. The highest BCUT2D eigenvalue weighted by Gasteiger charge is 2.49. The summed E-state index contributed by atoms with van der Waals surface area (Å²) in [7, 11) is -1.59. The van der Waals surface area contributed by atoms with Crippen LogP contribution < -0.4 is 0 Å². The second-order valence-corrected chi connectivity index (χ2v) is 9.80. The smallest absolute Gasteiger partial charge is 0.276 e. The first-order valence-corrected chi connectivity index (χ1v) is 10.9. The molecule has 1 saturated carbocycles. The zero-order valence-electron chi connectivity index (χ0n) is 15.2. The molecule has 1 aromatic heterocycles. The van der Waals surface area contributed by atoms with Crippen molar-refractivity contribution in [1.82, 2.24) is 15.0 Å². The van der Waals surface area contributed by atoms with Gasteiger partial charge in [-0.25, -0.2) is 8.42 Å². The van der Waals surface area contributed by atoms with Crippen LogP contribution in [0.2, 0.25) is 0 Å². The van der Waals surface area contributed by atoms with Crippen molar-refractivity contribution in [2.75, 3.05) is 38.2 Å². The Hall–Kier alpha value is -1.45. The summed E-state index contributed by atoms with van der Waals surface area (Å²) in [4.78, 5) is 17.1. The summed E-state index contributed by atoms with van der Waals surface area (Å²) >= 11 is 0. The van der Waals surface area contributed by atoms with Crippen LogP contribution in [0.1, 0.15) is 34.7 Å². The number of aryl methyl sites for hydroxylation is 1. The Morgan fingerprint density at radius 2 is 2.00 bits per heavy atom. The van der Waals surface area contributed by atoms with E-state index in [1.165, 1.54) is 12.8 Å². The van der Waals surface area contributed by atoms with E-state index < -0.39 is 9.84 Å². The second kappa shape index (κ2) is 6.61. The van der Waals surface area contributed by atoms with Crippen molar-refractivity contribution in [3.05, 3.63) is 17.0 Å². The number of fused-ring (bicyclic) bond motifs is 1. The van der Waals surface area contributed by atoms with Gasteiger partial charge in [-0.15, -0.1) is 0 Å². The first-order chi connectivity index (χ1) is 12.4. The third-order valence-electron chi connectivity index (χ3n) is 5.72. The molecule has 0 spiro atoms. The van der Waals surface area contributed by atoms with E-state index in [4.69, 9.17) is 9.26 Å². The molecule has 8 nitrogen and oxygen atoms in total. The quantitative estimate of drug-likeness (QED) is 0.729. The first-order valence-electron chi connectivity index (χ1n) is 9.09. The average Bonchev–Trinajstić information content (AvgIpc) is 3.24. The van der Waals surface area contributed by atoms with Gasteiger partial charge >= 0.3 is 0 Å². The number of amides is 1. The molecule has 0 unspecified atom stereocenters. The lowest BCUT2D eigenvalue weighted by Gasteiger charge is -2.43. The van der Waals surface area contributed by atoms with E-state index in [9.17, 15) is 13.2 Å². The summed E-state index contributed by atoms with van der Waals surface area (Å²) < 4.78 is 35.0. The van der Waals surface area contributed by atoms with Crippen molar-refractivity contribution in [2.45, 2.75) is 38.5 Å². The zero-order chi connectivity index (χ0) is 18.5. The number of hydrogen-bond donors (Lipinski definition) is 0. The number of nitrogens with zero attached hydrogens (tertiary/aromatic N) is 3. The standard InChI is InChI=1S/C17H25N3O5S/c1-11-13(8-24-2)16(18-25-11)17(21)20-6-5-19(7-12-3-4-12)14-9-26(22,23)10-15(14)20/h12,14-15H,3-10H2,1-2H3/t14-,15+/m1/s1. The fraction of sp³-hybridized carbons (Fsp3) is 0.765. The number of sulfone groups is 1. The summed E-state index contributed by atoms with van der Waals surface area (Å²) in [6, 6.07) is -0.426. The van der Waals surface area contributed by atoms with Gasteiger partial charge in [0.05, 0.1) is 29.7 Å². The SMILES string of the molecule is COCc1c(C(=O)N2CCN(CC3CC3)[C@@H]3CS(=O)(=O)C[C@@H]32)noc1C. The minimum Gasteiger partial charge on any atom is -0.380 e. The van der Waals surface area contributed by atoms with Gasteiger partial charge in [0.2, 0.25) is 0 Å². The van der Waals surface area contributed by atoms with E-state index in [-0.39, 0.29) is 41.8 Å². The van der Waals surface area contributed by atoms with Gasteiger partial charge in [-0.3, -0.25) is 9.69 Å². The molecule has 1 aliphatic carbocycles. The maximum Gasteiger partial charge on any atom is 0.276 e. The molecule has 1 aromatic rings. The van der Waals surface area contributed by atoms with E-state index in [0.717, 1.165) is 6.54 Å². The van der Waals surface area contributed by atoms with Gasteiger partial charge < -0.3 is 14.2 Å². The normalized spacial score (nSPS) is 28.3. The zero-order valence-corrected chi connectivity index (χ0v) is 16.0. The van der Waals surface area contributed by atoms with Crippen LogP contribution in [0.15, 0.2) is 4.52 Å². The van der Waals surface area contributed by atoms with Crippen LogP contribution in [0.3, 0.4) is 0 Å². The van der Waals surface area contributed by atoms with Gasteiger partial charge in [0, 0.05) is 32.8 Å². The van der Waals surface area contributed by atoms with Gasteiger partial charge in [-0.05, 0) is 25.7 Å². The predicted octanol–water partition coefficient (Wildman–Crippen LogP) is 0.463. The maximum absolute atomic E-state index is 13.1. The van der Waals surface area contributed by atoms with Crippen molar-refractivity contribution in [3.63, 3.8) is 0 Å². The molecule has 9 heteroatoms. The number of methoxy groups -OCH3 is 1. The van der Waals surface area contributed by atoms with E-state index in [0.29, 0.717) is 30.3 Å². The number of carbonyl (C=O) groups excluding carboxylic acids is 1. The molecule has 0 bridgehead atoms. The molecule has 3 heterocycles. The molecule has 4 rings (SSSR count). The summed E-state index contributed by atoms with van der Waals surface area (Å²) in [5, 5.41) is 3.93. The van der Waals surface area contributed by atoms with Crippen LogP contribution in [-0.2, 0) is 21.2 Å². The first kappa shape index (κ1) is 17.9. The van der Waals surface area contributed by atoms with Crippen LogP contribution in [0.25, 0.3) is 0 Å². The van der Waals surface area contributed by atoms with Crippen LogP contribution >= 0.6 is 0 Å². The molecule has 3 fully saturated rings. The maximum atomic E-state index is 13.1. The highest BCUT2D eigenvalue weighted by Crippen LogP contribution is 2.34. The average molecular weight is 383 g/mol. The highest BCUT2D eigenvalue weighted by atomic mass is 32.2. The Morgan fingerprint density at radius 3 is 2.69 bits per heavy atom. The molecule has 0 N–H and O–H groups in total. The molecule has 2 saturated heterocycles. The molecule has 144 valence electrons. The third kappa shape index (κ3) is 3.27. The van der Waals surface area contributed by atoms with Crippen LogP contribution in [0.5, 0.6) is 0 Å². The van der Waals surface area contributed by atoms with Gasteiger partial charge in [0.1, 0.15) is 5.76 Å². The molecule has 3 aliphatic rings. The van der Waals surface area contributed by atoms with E-state index in [2.05, 4.69) is 10.1 Å². The number of rotatable bonds is 5. The van der Waals surface area contributed by atoms with Crippen LogP contribution in [0.4, 0.5) is 0 Å². The largest absolute Gasteiger partial charge is 0.380 e. The van der Waals surface area contributed by atoms with Crippen molar-refractivity contribution < 1.29 is 22.5 Å². The third-order valence-corrected chi connectivity index (χ3v) is 7.42. The van der Waals surface area contributed by atoms with Gasteiger partial charge in [0.15, 0.2) is 15.5 Å². The summed E-state index contributed by atoms with van der Waals surface area (Å²) in [6.45, 7) is 4.14. The van der Waals surface area contributed by atoms with Crippen molar-refractivity contribution >= 4 is 15.7 Å². The van der Waals surface area contributed by atoms with Crippen molar-refractivity contribution in [3.8, 4) is 0 Å². The summed E-state index contributed by atoms with van der Waals surface area (Å²) in [6.07, 6.45) is 2.45. The molecule has 0 radical (unpaired) electrons. The fourth-order valence-corrected chi connectivity index (χ4v) is 6.16. The number of ether oxygens (including phenoxy) is 1. The van der Waals surface area contributed by atoms with Gasteiger partial charge in [0.25, 0.3) is 5.91 Å². The molecular weight excluding hydrogens is 358 g/mol. The highest BCUT2D eigenvalue weighted by molar-refractivity contribution is 7.91. The molecule has 26 heavy (non-hydrogen) atoms. The monoisotopic (exact) mass is 383 g/mol. The summed E-state index contributed by atoms with van der Waals surface area (Å²) in [5.41, 5.74) is 0.873. The minimum absolute atomic E-state index is 0.0288. The topological polar surface area (TPSA) is 93.0 Å².